The molecule has 0 radical (unpaired) electrons. The Labute approximate surface area is 151 Å². The monoisotopic (exact) mass is 370 g/mol. The van der Waals surface area contributed by atoms with Crippen LogP contribution in [0.2, 0.25) is 0 Å². The largest absolute Gasteiger partial charge is 0.348 e. The average molecular weight is 371 g/mol. The number of benzene rings is 1. The van der Waals surface area contributed by atoms with Crippen molar-refractivity contribution in [3.63, 3.8) is 0 Å². The highest BCUT2D eigenvalue weighted by Gasteiger charge is 2.49. The molecule has 0 bridgehead atoms. The maximum atomic E-state index is 12.8. The minimum absolute atomic E-state index is 0.145. The number of rotatable bonds is 5. The van der Waals surface area contributed by atoms with Crippen LogP contribution in [0.4, 0.5) is 0 Å². The van der Waals surface area contributed by atoms with Gasteiger partial charge in [-0.05, 0) is 51.7 Å². The predicted octanol–water partition coefficient (Wildman–Crippen LogP) is 4.05. The van der Waals surface area contributed by atoms with Gasteiger partial charge in [0.05, 0.1) is 11.5 Å². The molecule has 1 aliphatic heterocycles. The molecule has 0 amide bonds. The highest BCUT2D eigenvalue weighted by molar-refractivity contribution is 7.86. The van der Waals surface area contributed by atoms with Gasteiger partial charge in [0.2, 0.25) is 0 Å². The van der Waals surface area contributed by atoms with Crippen LogP contribution >= 0.6 is 0 Å². The second-order valence-corrected chi connectivity index (χ2v) is 10.3. The van der Waals surface area contributed by atoms with Crippen molar-refractivity contribution < 1.29 is 22.1 Å². The summed E-state index contributed by atoms with van der Waals surface area (Å²) < 4.78 is 43.1. The molecule has 0 N–H and O–H groups in total. The van der Waals surface area contributed by atoms with E-state index in [-0.39, 0.29) is 10.3 Å². The molecule has 0 aliphatic carbocycles. The standard InChI is InChI=1S/C19H30O5S/c1-14-8-10-15(11-9-14)25(20,21)24-19(7,13-17(2,3)4)16-12-22-18(5,6)23-16/h8-11,16H,12-13H2,1-7H3. The second-order valence-electron chi connectivity index (χ2n) is 8.72. The van der Waals surface area contributed by atoms with Crippen molar-refractivity contribution in [2.45, 2.75) is 77.3 Å². The first-order chi connectivity index (χ1) is 11.2. The molecule has 1 aliphatic rings. The third-order valence-electron chi connectivity index (χ3n) is 4.18. The molecule has 25 heavy (non-hydrogen) atoms. The molecular formula is C19H30O5S. The smallest absolute Gasteiger partial charge is 0.297 e. The Morgan fingerprint density at radius 3 is 2.16 bits per heavy atom. The molecule has 0 aromatic heterocycles. The van der Waals surface area contributed by atoms with Gasteiger partial charge in [-0.2, -0.15) is 8.42 Å². The van der Waals surface area contributed by atoms with Gasteiger partial charge in [0.25, 0.3) is 10.1 Å². The molecule has 1 fully saturated rings. The molecule has 2 atom stereocenters. The Balaban J connectivity index is 2.34. The first kappa shape index (κ1) is 20.4. The summed E-state index contributed by atoms with van der Waals surface area (Å²) in [6, 6.07) is 6.65. The summed E-state index contributed by atoms with van der Waals surface area (Å²) in [5.74, 6) is -0.749. The lowest BCUT2D eigenvalue weighted by Crippen LogP contribution is -2.48. The summed E-state index contributed by atoms with van der Waals surface area (Å²) in [5, 5.41) is 0. The molecule has 6 heteroatoms. The van der Waals surface area contributed by atoms with Crippen molar-refractivity contribution in [1.29, 1.82) is 0 Å². The van der Waals surface area contributed by atoms with Gasteiger partial charge in [0.15, 0.2) is 5.79 Å². The number of aryl methyl sites for hydroxylation is 1. The second kappa shape index (κ2) is 6.65. The molecule has 5 nitrogen and oxygen atoms in total. The van der Waals surface area contributed by atoms with Gasteiger partial charge in [-0.15, -0.1) is 0 Å². The van der Waals surface area contributed by atoms with Crippen LogP contribution < -0.4 is 0 Å². The lowest BCUT2D eigenvalue weighted by Gasteiger charge is -2.38. The third kappa shape index (κ3) is 5.26. The van der Waals surface area contributed by atoms with Crippen LogP contribution in [0.3, 0.4) is 0 Å². The van der Waals surface area contributed by atoms with Gasteiger partial charge in [-0.3, -0.25) is 4.18 Å². The molecule has 142 valence electrons. The predicted molar refractivity (Wildman–Crippen MR) is 96.8 cm³/mol. The minimum Gasteiger partial charge on any atom is -0.348 e. The molecule has 0 spiro atoms. The van der Waals surface area contributed by atoms with E-state index in [0.717, 1.165) is 5.56 Å². The van der Waals surface area contributed by atoms with Crippen LogP contribution in [0.1, 0.15) is 53.5 Å². The summed E-state index contributed by atoms with van der Waals surface area (Å²) in [6.45, 7) is 13.8. The van der Waals surface area contributed by atoms with Crippen molar-refractivity contribution in [3.8, 4) is 0 Å². The zero-order chi connectivity index (χ0) is 19.1. The van der Waals surface area contributed by atoms with Crippen LogP contribution in [-0.4, -0.2) is 32.5 Å². The number of hydrogen-bond acceptors (Lipinski definition) is 5. The fourth-order valence-electron chi connectivity index (χ4n) is 3.24. The Morgan fingerprint density at radius 2 is 1.72 bits per heavy atom. The van der Waals surface area contributed by atoms with Crippen LogP contribution in [0, 0.1) is 12.3 Å². The molecule has 1 aromatic carbocycles. The fraction of sp³-hybridized carbons (Fsp3) is 0.684. The van der Waals surface area contributed by atoms with E-state index < -0.39 is 27.6 Å². The highest BCUT2D eigenvalue weighted by atomic mass is 32.2. The maximum absolute atomic E-state index is 12.8. The van der Waals surface area contributed by atoms with Crippen molar-refractivity contribution in [3.05, 3.63) is 29.8 Å². The van der Waals surface area contributed by atoms with Gasteiger partial charge >= 0.3 is 0 Å². The van der Waals surface area contributed by atoms with Gasteiger partial charge in [-0.1, -0.05) is 38.5 Å². The van der Waals surface area contributed by atoms with Crippen LogP contribution in [0.25, 0.3) is 0 Å². The van der Waals surface area contributed by atoms with E-state index in [1.807, 2.05) is 41.5 Å². The molecule has 2 unspecified atom stereocenters. The van der Waals surface area contributed by atoms with E-state index in [4.69, 9.17) is 13.7 Å². The lowest BCUT2D eigenvalue weighted by molar-refractivity contribution is -0.165. The third-order valence-corrected chi connectivity index (χ3v) is 5.63. The van der Waals surface area contributed by atoms with Crippen LogP contribution in [-0.2, 0) is 23.8 Å². The van der Waals surface area contributed by atoms with Gasteiger partial charge < -0.3 is 9.47 Å². The van der Waals surface area contributed by atoms with E-state index in [2.05, 4.69) is 0 Å². The van der Waals surface area contributed by atoms with E-state index in [0.29, 0.717) is 13.0 Å². The quantitative estimate of drug-likeness (QED) is 0.732. The highest BCUT2D eigenvalue weighted by Crippen LogP contribution is 2.40. The van der Waals surface area contributed by atoms with Gasteiger partial charge in [0, 0.05) is 0 Å². The summed E-state index contributed by atoms with van der Waals surface area (Å²) in [4.78, 5) is 0.149. The Kier molecular flexibility index (Phi) is 5.42. The van der Waals surface area contributed by atoms with Crippen molar-refractivity contribution in [1.82, 2.24) is 0 Å². The minimum atomic E-state index is -3.92. The molecule has 0 saturated carbocycles. The maximum Gasteiger partial charge on any atom is 0.297 e. The lowest BCUT2D eigenvalue weighted by atomic mass is 9.80. The van der Waals surface area contributed by atoms with E-state index in [1.54, 1.807) is 31.2 Å². The number of ether oxygens (including phenoxy) is 2. The van der Waals surface area contributed by atoms with Crippen LogP contribution in [0.5, 0.6) is 0 Å². The van der Waals surface area contributed by atoms with E-state index in [1.165, 1.54) is 0 Å². The Bertz CT molecular complexity index is 700. The Morgan fingerprint density at radius 1 is 1.16 bits per heavy atom. The average Bonchev–Trinajstić information content (AvgIpc) is 2.77. The zero-order valence-corrected chi connectivity index (χ0v) is 17.1. The fourth-order valence-corrected chi connectivity index (χ4v) is 4.47. The van der Waals surface area contributed by atoms with Gasteiger partial charge in [0.1, 0.15) is 11.7 Å². The molecule has 1 heterocycles. The summed E-state index contributed by atoms with van der Waals surface area (Å²) in [7, 11) is -3.92. The van der Waals surface area contributed by atoms with Crippen molar-refractivity contribution in [2.24, 2.45) is 5.41 Å². The number of hydrogen-bond donors (Lipinski definition) is 0. The molecule has 1 aromatic rings. The summed E-state index contributed by atoms with van der Waals surface area (Å²) in [6.07, 6.45) is 0.0387. The van der Waals surface area contributed by atoms with E-state index in [9.17, 15) is 8.42 Å². The molecule has 1 saturated heterocycles. The summed E-state index contributed by atoms with van der Waals surface area (Å²) in [5.41, 5.74) is -0.186. The molecule has 2 rings (SSSR count). The van der Waals surface area contributed by atoms with Gasteiger partial charge in [-0.25, -0.2) is 0 Å². The van der Waals surface area contributed by atoms with E-state index >= 15 is 0 Å². The zero-order valence-electron chi connectivity index (χ0n) is 16.3. The summed E-state index contributed by atoms with van der Waals surface area (Å²) >= 11 is 0. The molecular weight excluding hydrogens is 340 g/mol. The first-order valence-electron chi connectivity index (χ1n) is 8.57. The Hall–Kier alpha value is -0.950. The van der Waals surface area contributed by atoms with Crippen molar-refractivity contribution >= 4 is 10.1 Å². The topological polar surface area (TPSA) is 61.8 Å². The van der Waals surface area contributed by atoms with Crippen LogP contribution in [0.15, 0.2) is 29.2 Å². The normalized spacial score (nSPS) is 23.4. The SMILES string of the molecule is Cc1ccc(S(=O)(=O)OC(C)(CC(C)(C)C)C2COC(C)(C)O2)cc1. The van der Waals surface area contributed by atoms with Crippen molar-refractivity contribution in [2.75, 3.05) is 6.61 Å². The first-order valence-corrected chi connectivity index (χ1v) is 9.97.